The van der Waals surface area contributed by atoms with Gasteiger partial charge in [-0.3, -0.25) is 0 Å². The first-order valence-electron chi connectivity index (χ1n) is 3.97. The first-order chi connectivity index (χ1) is 5.67. The zero-order valence-corrected chi connectivity index (χ0v) is 7.27. The minimum atomic E-state index is 0.0991. The van der Waals surface area contributed by atoms with E-state index in [0.717, 1.165) is 5.69 Å². The number of hydrogen-bond acceptors (Lipinski definition) is 2. The molecule has 1 aromatic carbocycles. The average molecular weight is 167 g/mol. The Bertz CT molecular complexity index is 234. The fourth-order valence-electron chi connectivity index (χ4n) is 1.11. The minimum Gasteiger partial charge on any atom is -0.390 e. The number of hydrogen-bond donors (Lipinski definition) is 2. The molecule has 0 aromatic heterocycles. The van der Waals surface area contributed by atoms with Gasteiger partial charge in [-0.1, -0.05) is 18.2 Å². The third-order valence-electron chi connectivity index (χ3n) is 1.91. The Balaban J connectivity index is 2.82. The van der Waals surface area contributed by atoms with Gasteiger partial charge in [0.05, 0.1) is 13.7 Å². The molecule has 0 amide bonds. The van der Waals surface area contributed by atoms with Crippen LogP contribution in [0.4, 0.5) is 5.69 Å². The topological polar surface area (TPSA) is 46.2 Å². The van der Waals surface area contributed by atoms with Crippen molar-refractivity contribution in [1.82, 2.24) is 4.59 Å². The molecule has 66 valence electrons. The standard InChI is InChI=1S/C9H15N2O/c1-11(10,7-8-12)9-5-3-2-4-6-9/h2-6,12H,7-8,10H2,1H3/q+1. The molecule has 1 unspecified atom stereocenters. The summed E-state index contributed by atoms with van der Waals surface area (Å²) in [5.74, 6) is 5.93. The molecule has 0 saturated heterocycles. The summed E-state index contributed by atoms with van der Waals surface area (Å²) in [6.07, 6.45) is 0. The summed E-state index contributed by atoms with van der Waals surface area (Å²) < 4.78 is 0.233. The number of quaternary nitrogens is 1. The molecule has 0 aliphatic rings. The molecule has 3 nitrogen and oxygen atoms in total. The van der Waals surface area contributed by atoms with Gasteiger partial charge in [-0.25, -0.2) is 4.59 Å². The van der Waals surface area contributed by atoms with E-state index in [1.54, 1.807) is 0 Å². The van der Waals surface area contributed by atoms with E-state index in [0.29, 0.717) is 6.54 Å². The van der Waals surface area contributed by atoms with Crippen molar-refractivity contribution < 1.29 is 5.11 Å². The molecule has 3 N–H and O–H groups in total. The number of aliphatic hydroxyl groups is 1. The minimum absolute atomic E-state index is 0.0991. The maximum absolute atomic E-state index is 8.77. The molecular formula is C9H15N2O+. The highest BCUT2D eigenvalue weighted by atomic mass is 16.3. The van der Waals surface area contributed by atoms with E-state index < -0.39 is 0 Å². The number of nitrogens with zero attached hydrogens (tertiary/aromatic N) is 1. The maximum atomic E-state index is 8.77. The van der Waals surface area contributed by atoms with Gasteiger partial charge in [0.2, 0.25) is 0 Å². The van der Waals surface area contributed by atoms with Crippen LogP contribution in [0.5, 0.6) is 0 Å². The third-order valence-corrected chi connectivity index (χ3v) is 1.91. The summed E-state index contributed by atoms with van der Waals surface area (Å²) >= 11 is 0. The van der Waals surface area contributed by atoms with E-state index in [1.165, 1.54) is 0 Å². The van der Waals surface area contributed by atoms with Crippen molar-refractivity contribution >= 4 is 5.69 Å². The van der Waals surface area contributed by atoms with Crippen LogP contribution in [0.25, 0.3) is 0 Å². The molecule has 0 heterocycles. The molecular weight excluding hydrogens is 152 g/mol. The van der Waals surface area contributed by atoms with Crippen LogP contribution >= 0.6 is 0 Å². The Morgan fingerprint density at radius 2 is 1.92 bits per heavy atom. The molecule has 0 spiro atoms. The van der Waals surface area contributed by atoms with Crippen LogP contribution in [-0.4, -0.2) is 25.3 Å². The number of nitrogens with two attached hydrogens (primary N) is 1. The summed E-state index contributed by atoms with van der Waals surface area (Å²) in [4.78, 5) is 0. The fraction of sp³-hybridized carbons (Fsp3) is 0.333. The van der Waals surface area contributed by atoms with Gasteiger partial charge in [0.15, 0.2) is 5.69 Å². The normalized spacial score (nSPS) is 15.6. The Labute approximate surface area is 72.6 Å². The summed E-state index contributed by atoms with van der Waals surface area (Å²) in [5, 5.41) is 8.77. The smallest absolute Gasteiger partial charge is 0.151 e. The number of rotatable bonds is 3. The average Bonchev–Trinajstić information content (AvgIpc) is 2.06. The van der Waals surface area contributed by atoms with Gasteiger partial charge in [0.25, 0.3) is 0 Å². The van der Waals surface area contributed by atoms with Crippen LogP contribution in [0.15, 0.2) is 30.3 Å². The number of aliphatic hydroxyl groups excluding tert-OH is 1. The largest absolute Gasteiger partial charge is 0.390 e. The predicted molar refractivity (Wildman–Crippen MR) is 50.3 cm³/mol. The highest BCUT2D eigenvalue weighted by Crippen LogP contribution is 2.14. The van der Waals surface area contributed by atoms with Crippen molar-refractivity contribution in [3.63, 3.8) is 0 Å². The van der Waals surface area contributed by atoms with Crippen LogP contribution in [0.3, 0.4) is 0 Å². The molecule has 0 saturated carbocycles. The van der Waals surface area contributed by atoms with Gasteiger partial charge in [-0.15, -0.1) is 0 Å². The predicted octanol–water partition coefficient (Wildman–Crippen LogP) is 0.490. The lowest BCUT2D eigenvalue weighted by Gasteiger charge is -2.26. The van der Waals surface area contributed by atoms with Gasteiger partial charge in [-0.2, -0.15) is 5.84 Å². The molecule has 0 aliphatic carbocycles. The highest BCUT2D eigenvalue weighted by Gasteiger charge is 2.18. The zero-order valence-electron chi connectivity index (χ0n) is 7.27. The van der Waals surface area contributed by atoms with E-state index >= 15 is 0 Å². The number of likely N-dealkylation sites (N-methyl/N-ethyl adjacent to an activating group) is 1. The maximum Gasteiger partial charge on any atom is 0.151 e. The highest BCUT2D eigenvalue weighted by molar-refractivity contribution is 5.40. The SMILES string of the molecule is C[N+](N)(CCO)c1ccccc1. The van der Waals surface area contributed by atoms with E-state index in [9.17, 15) is 0 Å². The van der Waals surface area contributed by atoms with Gasteiger partial charge < -0.3 is 5.11 Å². The molecule has 12 heavy (non-hydrogen) atoms. The molecule has 0 radical (unpaired) electrons. The van der Waals surface area contributed by atoms with Gasteiger partial charge in [0.1, 0.15) is 6.54 Å². The van der Waals surface area contributed by atoms with E-state index in [1.807, 2.05) is 37.4 Å². The third kappa shape index (κ3) is 2.04. The Morgan fingerprint density at radius 3 is 2.42 bits per heavy atom. The lowest BCUT2D eigenvalue weighted by molar-refractivity contribution is 0.224. The van der Waals surface area contributed by atoms with Crippen LogP contribution in [0.1, 0.15) is 0 Å². The molecule has 1 atom stereocenters. The second kappa shape index (κ2) is 3.67. The Morgan fingerprint density at radius 1 is 1.33 bits per heavy atom. The van der Waals surface area contributed by atoms with Crippen molar-refractivity contribution in [2.75, 3.05) is 20.2 Å². The summed E-state index contributed by atoms with van der Waals surface area (Å²) in [5.41, 5.74) is 1.01. The van der Waals surface area contributed by atoms with Gasteiger partial charge in [0, 0.05) is 12.1 Å². The van der Waals surface area contributed by atoms with E-state index in [4.69, 9.17) is 10.9 Å². The lowest BCUT2D eigenvalue weighted by atomic mass is 10.3. The van der Waals surface area contributed by atoms with Gasteiger partial charge >= 0.3 is 0 Å². The molecule has 1 aromatic rings. The molecule has 0 bridgehead atoms. The van der Waals surface area contributed by atoms with Crippen LogP contribution in [-0.2, 0) is 0 Å². The summed E-state index contributed by atoms with van der Waals surface area (Å²) in [6.45, 7) is 0.631. The quantitative estimate of drug-likeness (QED) is 0.391. The van der Waals surface area contributed by atoms with Crippen molar-refractivity contribution in [3.05, 3.63) is 30.3 Å². The molecule has 3 heteroatoms. The van der Waals surface area contributed by atoms with E-state index in [2.05, 4.69) is 0 Å². The molecule has 0 fully saturated rings. The monoisotopic (exact) mass is 167 g/mol. The van der Waals surface area contributed by atoms with E-state index in [-0.39, 0.29) is 11.2 Å². The Kier molecular flexibility index (Phi) is 2.81. The first-order valence-corrected chi connectivity index (χ1v) is 3.97. The van der Waals surface area contributed by atoms with Crippen LogP contribution in [0, 0.1) is 0 Å². The van der Waals surface area contributed by atoms with Crippen molar-refractivity contribution in [3.8, 4) is 0 Å². The molecule has 0 aliphatic heterocycles. The first kappa shape index (κ1) is 9.19. The summed E-state index contributed by atoms with van der Waals surface area (Å²) in [7, 11) is 1.87. The second-order valence-corrected chi connectivity index (χ2v) is 3.05. The lowest BCUT2D eigenvalue weighted by Crippen LogP contribution is -2.53. The van der Waals surface area contributed by atoms with Crippen LogP contribution < -0.4 is 10.4 Å². The van der Waals surface area contributed by atoms with Crippen molar-refractivity contribution in [1.29, 1.82) is 0 Å². The Hall–Kier alpha value is -0.900. The van der Waals surface area contributed by atoms with Crippen molar-refractivity contribution in [2.24, 2.45) is 5.84 Å². The van der Waals surface area contributed by atoms with Gasteiger partial charge in [-0.05, 0) is 0 Å². The zero-order chi connectivity index (χ0) is 9.03. The second-order valence-electron chi connectivity index (χ2n) is 3.05. The van der Waals surface area contributed by atoms with Crippen molar-refractivity contribution in [2.45, 2.75) is 0 Å². The number of para-hydroxylation sites is 1. The van der Waals surface area contributed by atoms with Crippen LogP contribution in [0.2, 0.25) is 0 Å². The number of benzene rings is 1. The fourth-order valence-corrected chi connectivity index (χ4v) is 1.11. The summed E-state index contributed by atoms with van der Waals surface area (Å²) in [6, 6.07) is 9.74. The molecule has 1 rings (SSSR count).